The molecule has 5 nitrogen and oxygen atoms in total. The molecular formula is C14H21N3O2S. The average molecular weight is 295 g/mol. The first-order valence-corrected chi connectivity index (χ1v) is 8.32. The predicted molar refractivity (Wildman–Crippen MR) is 82.0 cm³/mol. The molecule has 0 fully saturated rings. The van der Waals surface area contributed by atoms with Gasteiger partial charge in [0.15, 0.2) is 0 Å². The second-order valence-electron chi connectivity index (χ2n) is 4.99. The summed E-state index contributed by atoms with van der Waals surface area (Å²) >= 11 is 0. The molecule has 0 radical (unpaired) electrons. The van der Waals surface area contributed by atoms with E-state index in [9.17, 15) is 8.42 Å². The number of fused-ring (bicyclic) bond motifs is 1. The number of nitrogens with two attached hydrogens (primary N) is 1. The lowest BCUT2D eigenvalue weighted by Crippen LogP contribution is -2.28. The zero-order chi connectivity index (χ0) is 14.8. The maximum atomic E-state index is 12.4. The smallest absolute Gasteiger partial charge is 0.242 e. The van der Waals surface area contributed by atoms with Gasteiger partial charge in [-0.25, -0.2) is 13.1 Å². The lowest BCUT2D eigenvalue weighted by atomic mass is 10.0. The van der Waals surface area contributed by atoms with Crippen LogP contribution in [0.15, 0.2) is 29.3 Å². The third-order valence-electron chi connectivity index (χ3n) is 3.67. The highest BCUT2D eigenvalue weighted by molar-refractivity contribution is 7.89. The maximum absolute atomic E-state index is 12.4. The van der Waals surface area contributed by atoms with E-state index in [1.807, 2.05) is 0 Å². The standard InChI is InChI=1S/C14H21N3O2S/c1-3-10(4-2)8-17-20(18,19)14-9-16-13-6-5-11(15)7-12(13)14/h5-7,9-10,16-17H,3-4,8,15H2,1-2H3. The monoisotopic (exact) mass is 295 g/mol. The molecule has 110 valence electrons. The number of nitrogens with one attached hydrogen (secondary N) is 2. The fraction of sp³-hybridized carbons (Fsp3) is 0.429. The third-order valence-corrected chi connectivity index (χ3v) is 5.14. The van der Waals surface area contributed by atoms with Crippen molar-refractivity contribution in [1.82, 2.24) is 9.71 Å². The van der Waals surface area contributed by atoms with E-state index in [1.54, 1.807) is 18.2 Å². The van der Waals surface area contributed by atoms with E-state index >= 15 is 0 Å². The molecule has 6 heteroatoms. The van der Waals surface area contributed by atoms with Crippen LogP contribution < -0.4 is 10.5 Å². The first-order chi connectivity index (χ1) is 9.47. The van der Waals surface area contributed by atoms with E-state index in [1.165, 1.54) is 6.20 Å². The van der Waals surface area contributed by atoms with E-state index in [0.29, 0.717) is 23.5 Å². The lowest BCUT2D eigenvalue weighted by Gasteiger charge is -2.13. The van der Waals surface area contributed by atoms with E-state index in [0.717, 1.165) is 18.4 Å². The van der Waals surface area contributed by atoms with Crippen molar-refractivity contribution in [3.05, 3.63) is 24.4 Å². The number of rotatable bonds is 6. The second-order valence-corrected chi connectivity index (χ2v) is 6.73. The maximum Gasteiger partial charge on any atom is 0.242 e. The summed E-state index contributed by atoms with van der Waals surface area (Å²) in [5.74, 6) is 0.361. The number of H-pyrrole nitrogens is 1. The zero-order valence-corrected chi connectivity index (χ0v) is 12.6. The van der Waals surface area contributed by atoms with Gasteiger partial charge in [0.1, 0.15) is 4.90 Å². The van der Waals surface area contributed by atoms with Crippen molar-refractivity contribution in [1.29, 1.82) is 0 Å². The molecule has 0 saturated carbocycles. The quantitative estimate of drug-likeness (QED) is 0.715. The SMILES string of the molecule is CCC(CC)CNS(=O)(=O)c1c[nH]c2ccc(N)cc12. The molecule has 1 aromatic carbocycles. The number of hydrogen-bond donors (Lipinski definition) is 3. The number of anilines is 1. The molecule has 1 aromatic heterocycles. The number of aromatic amines is 1. The molecule has 0 aliphatic carbocycles. The van der Waals surface area contributed by atoms with Crippen molar-refractivity contribution in [3.63, 3.8) is 0 Å². The van der Waals surface area contributed by atoms with Crippen LogP contribution in [0.25, 0.3) is 10.9 Å². The Kier molecular flexibility index (Phi) is 4.35. The molecule has 20 heavy (non-hydrogen) atoms. The van der Waals surface area contributed by atoms with Crippen molar-refractivity contribution in [2.75, 3.05) is 12.3 Å². The number of aromatic nitrogens is 1. The molecule has 0 atom stereocenters. The van der Waals surface area contributed by atoms with Crippen molar-refractivity contribution in [3.8, 4) is 0 Å². The van der Waals surface area contributed by atoms with Gasteiger partial charge in [0.2, 0.25) is 10.0 Å². The normalized spacial score (nSPS) is 12.3. The molecule has 0 bridgehead atoms. The van der Waals surface area contributed by atoms with Crippen molar-refractivity contribution >= 4 is 26.6 Å². The molecular weight excluding hydrogens is 274 g/mol. The number of nitrogen functional groups attached to an aromatic ring is 1. The Balaban J connectivity index is 2.30. The summed E-state index contributed by atoms with van der Waals surface area (Å²) in [5.41, 5.74) is 7.05. The van der Waals surface area contributed by atoms with Crippen LogP contribution in [-0.2, 0) is 10.0 Å². The van der Waals surface area contributed by atoms with Gasteiger partial charge in [-0.2, -0.15) is 0 Å². The Morgan fingerprint density at radius 1 is 1.30 bits per heavy atom. The van der Waals surface area contributed by atoms with E-state index in [2.05, 4.69) is 23.6 Å². The summed E-state index contributed by atoms with van der Waals surface area (Å²) in [6, 6.07) is 5.20. The van der Waals surface area contributed by atoms with Gasteiger partial charge in [-0.1, -0.05) is 26.7 Å². The number of benzene rings is 1. The summed E-state index contributed by atoms with van der Waals surface area (Å²) in [5, 5.41) is 0.627. The minimum Gasteiger partial charge on any atom is -0.399 e. The predicted octanol–water partition coefficient (Wildman–Crippen LogP) is 2.46. The Morgan fingerprint density at radius 3 is 2.65 bits per heavy atom. The topological polar surface area (TPSA) is 88.0 Å². The van der Waals surface area contributed by atoms with Crippen molar-refractivity contribution in [2.45, 2.75) is 31.6 Å². The Labute approximate surface area is 119 Å². The highest BCUT2D eigenvalue weighted by Gasteiger charge is 2.19. The van der Waals surface area contributed by atoms with Crippen LogP contribution in [-0.4, -0.2) is 19.9 Å². The van der Waals surface area contributed by atoms with Gasteiger partial charge in [0, 0.05) is 29.3 Å². The summed E-state index contributed by atoms with van der Waals surface area (Å²) < 4.78 is 27.5. The molecule has 0 saturated heterocycles. The van der Waals surface area contributed by atoms with Crippen molar-refractivity contribution < 1.29 is 8.42 Å². The average Bonchev–Trinajstić information content (AvgIpc) is 2.83. The first-order valence-electron chi connectivity index (χ1n) is 6.84. The Bertz CT molecular complexity index is 688. The number of sulfonamides is 1. The van der Waals surface area contributed by atoms with Crippen LogP contribution in [0.1, 0.15) is 26.7 Å². The summed E-state index contributed by atoms with van der Waals surface area (Å²) in [6.45, 7) is 4.59. The van der Waals surface area contributed by atoms with E-state index in [-0.39, 0.29) is 4.90 Å². The van der Waals surface area contributed by atoms with Crippen molar-refractivity contribution in [2.24, 2.45) is 5.92 Å². The van der Waals surface area contributed by atoms with E-state index in [4.69, 9.17) is 5.73 Å². The fourth-order valence-electron chi connectivity index (χ4n) is 2.22. The Hall–Kier alpha value is -1.53. The molecule has 4 N–H and O–H groups in total. The van der Waals surface area contributed by atoms with Crippen LogP contribution in [0.4, 0.5) is 5.69 Å². The molecule has 2 rings (SSSR count). The second kappa shape index (κ2) is 5.85. The highest BCUT2D eigenvalue weighted by atomic mass is 32.2. The van der Waals surface area contributed by atoms with Crippen LogP contribution in [0.5, 0.6) is 0 Å². The van der Waals surface area contributed by atoms with Gasteiger partial charge >= 0.3 is 0 Å². The Morgan fingerprint density at radius 2 is 2.00 bits per heavy atom. The zero-order valence-electron chi connectivity index (χ0n) is 11.8. The van der Waals surface area contributed by atoms with Crippen LogP contribution in [0.2, 0.25) is 0 Å². The van der Waals surface area contributed by atoms with Crippen LogP contribution in [0, 0.1) is 5.92 Å². The van der Waals surface area contributed by atoms with Crippen LogP contribution >= 0.6 is 0 Å². The summed E-state index contributed by atoms with van der Waals surface area (Å²) in [4.78, 5) is 3.22. The molecule has 2 aromatic rings. The van der Waals surface area contributed by atoms with Gasteiger partial charge in [-0.05, 0) is 24.1 Å². The largest absolute Gasteiger partial charge is 0.399 e. The van der Waals surface area contributed by atoms with Gasteiger partial charge in [0.25, 0.3) is 0 Å². The van der Waals surface area contributed by atoms with Gasteiger partial charge in [-0.3, -0.25) is 0 Å². The minimum absolute atomic E-state index is 0.255. The third kappa shape index (κ3) is 2.96. The molecule has 0 unspecified atom stereocenters. The first kappa shape index (κ1) is 14.9. The minimum atomic E-state index is -3.51. The molecule has 0 aliphatic heterocycles. The van der Waals surface area contributed by atoms with Gasteiger partial charge < -0.3 is 10.7 Å². The molecule has 0 amide bonds. The van der Waals surface area contributed by atoms with E-state index < -0.39 is 10.0 Å². The lowest BCUT2D eigenvalue weighted by molar-refractivity contribution is 0.479. The fourth-order valence-corrected chi connectivity index (χ4v) is 3.50. The molecule has 0 aliphatic rings. The van der Waals surface area contributed by atoms with Crippen LogP contribution in [0.3, 0.4) is 0 Å². The number of hydrogen-bond acceptors (Lipinski definition) is 3. The summed E-state index contributed by atoms with van der Waals surface area (Å²) in [7, 11) is -3.51. The summed E-state index contributed by atoms with van der Waals surface area (Å²) in [6.07, 6.45) is 3.43. The molecule has 0 spiro atoms. The highest BCUT2D eigenvalue weighted by Crippen LogP contribution is 2.24. The van der Waals surface area contributed by atoms with Gasteiger partial charge in [-0.15, -0.1) is 0 Å². The molecule has 1 heterocycles. The van der Waals surface area contributed by atoms with Gasteiger partial charge in [0.05, 0.1) is 0 Å².